The van der Waals surface area contributed by atoms with Crippen LogP contribution in [-0.4, -0.2) is 15.5 Å². The van der Waals surface area contributed by atoms with Crippen LogP contribution in [-0.2, 0) is 13.2 Å². The van der Waals surface area contributed by atoms with Gasteiger partial charge in [-0.2, -0.15) is 13.2 Å². The van der Waals surface area contributed by atoms with E-state index in [-0.39, 0.29) is 11.1 Å². The summed E-state index contributed by atoms with van der Waals surface area (Å²) in [5.41, 5.74) is 4.53. The number of nitrogens with one attached hydrogen (secondary N) is 1. The number of alkyl halides is 3. The molecular weight excluding hydrogens is 527 g/mol. The highest BCUT2D eigenvalue weighted by Gasteiger charge is 2.31. The highest BCUT2D eigenvalue weighted by Crippen LogP contribution is 2.30. The Balaban J connectivity index is 1.46. The molecule has 0 aliphatic rings. The Morgan fingerprint density at radius 1 is 0.902 bits per heavy atom. The Morgan fingerprint density at radius 3 is 2.39 bits per heavy atom. The zero-order chi connectivity index (χ0) is 29.3. The predicted octanol–water partition coefficient (Wildman–Crippen LogP) is 7.66. The van der Waals surface area contributed by atoms with Crippen molar-refractivity contribution in [1.29, 1.82) is 0 Å². The van der Waals surface area contributed by atoms with Gasteiger partial charge in [0, 0.05) is 35.4 Å². The summed E-state index contributed by atoms with van der Waals surface area (Å²) in [5.74, 6) is -0.687. The number of carbonyl (C=O) groups is 1. The van der Waals surface area contributed by atoms with E-state index in [0.717, 1.165) is 28.6 Å². The third kappa shape index (κ3) is 5.96. The molecule has 0 saturated carbocycles. The molecule has 41 heavy (non-hydrogen) atoms. The third-order valence-electron chi connectivity index (χ3n) is 6.89. The van der Waals surface area contributed by atoms with Crippen LogP contribution in [0.5, 0.6) is 0 Å². The second kappa shape index (κ2) is 10.9. The van der Waals surface area contributed by atoms with Crippen LogP contribution in [0.1, 0.15) is 38.3 Å². The van der Waals surface area contributed by atoms with Crippen LogP contribution in [0, 0.1) is 13.8 Å². The Kier molecular flexibility index (Phi) is 7.32. The first-order valence-corrected chi connectivity index (χ1v) is 12.8. The highest BCUT2D eigenvalue weighted by molar-refractivity contribution is 6.04. The fourth-order valence-electron chi connectivity index (χ4n) is 4.55. The Bertz CT molecular complexity index is 1870. The van der Waals surface area contributed by atoms with Gasteiger partial charge in [0.05, 0.1) is 16.8 Å². The molecule has 1 N–H and O–H groups in total. The molecule has 0 fully saturated rings. The first-order valence-electron chi connectivity index (χ1n) is 12.8. The minimum absolute atomic E-state index is 0.123. The normalized spacial score (nSPS) is 11.8. The van der Waals surface area contributed by atoms with Gasteiger partial charge in [-0.1, -0.05) is 48.0 Å². The van der Waals surface area contributed by atoms with Crippen LogP contribution < -0.4 is 10.9 Å². The number of aryl methyl sites for hydroxylation is 3. The van der Waals surface area contributed by atoms with Crippen molar-refractivity contribution in [1.82, 2.24) is 9.55 Å². The quantitative estimate of drug-likeness (QED) is 0.243. The number of carbonyl (C=O) groups excluding carboxylic acids is 1. The Labute approximate surface area is 234 Å². The number of hydrogen-bond donors (Lipinski definition) is 1. The first kappa shape index (κ1) is 27.6. The number of benzene rings is 3. The van der Waals surface area contributed by atoms with Crippen molar-refractivity contribution >= 4 is 34.6 Å². The van der Waals surface area contributed by atoms with Gasteiger partial charge < -0.3 is 9.88 Å². The number of halogens is 3. The van der Waals surface area contributed by atoms with Gasteiger partial charge in [-0.15, -0.1) is 0 Å². The van der Waals surface area contributed by atoms with Crippen molar-refractivity contribution in [3.05, 3.63) is 129 Å². The van der Waals surface area contributed by atoms with Crippen molar-refractivity contribution in [2.24, 2.45) is 7.05 Å². The molecule has 1 amide bonds. The van der Waals surface area contributed by atoms with Gasteiger partial charge in [0.1, 0.15) is 0 Å². The zero-order valence-corrected chi connectivity index (χ0v) is 22.6. The molecular formula is C33H26F3N3O2. The number of fused-ring (bicyclic) bond motifs is 1. The number of rotatable bonds is 5. The molecule has 2 heterocycles. The highest BCUT2D eigenvalue weighted by atomic mass is 19.4. The predicted molar refractivity (Wildman–Crippen MR) is 157 cm³/mol. The molecule has 0 aliphatic heterocycles. The van der Waals surface area contributed by atoms with Gasteiger partial charge in [-0.3, -0.25) is 14.6 Å². The van der Waals surface area contributed by atoms with E-state index in [4.69, 9.17) is 0 Å². The van der Waals surface area contributed by atoms with Gasteiger partial charge in [-0.05, 0) is 79.1 Å². The summed E-state index contributed by atoms with van der Waals surface area (Å²) in [7, 11) is 1.69. The summed E-state index contributed by atoms with van der Waals surface area (Å²) < 4.78 is 40.8. The minimum atomic E-state index is -4.56. The molecule has 2 aromatic heterocycles. The summed E-state index contributed by atoms with van der Waals surface area (Å²) in [6.45, 7) is 3.87. The monoisotopic (exact) mass is 553 g/mol. The summed E-state index contributed by atoms with van der Waals surface area (Å²) in [4.78, 5) is 30.8. The molecule has 5 rings (SSSR count). The molecule has 8 heteroatoms. The molecule has 0 atom stereocenters. The lowest BCUT2D eigenvalue weighted by Gasteiger charge is -2.14. The number of aromatic nitrogens is 2. The van der Waals surface area contributed by atoms with E-state index in [1.165, 1.54) is 17.7 Å². The number of hydrogen-bond acceptors (Lipinski definition) is 3. The maximum atomic E-state index is 13.5. The van der Waals surface area contributed by atoms with Gasteiger partial charge in [0.2, 0.25) is 0 Å². The van der Waals surface area contributed by atoms with Crippen LogP contribution in [0.3, 0.4) is 0 Å². The fraction of sp³-hybridized carbons (Fsp3) is 0.121. The standard InChI is InChI=1S/C33H26F3N3O2/c1-20-7-10-22(11-8-20)12-14-26-18-30-24(19-37-26)16-29(32(41)39(30)3)28-17-27(13-9-21(28)2)38-31(40)23-5-4-6-25(15-23)33(34,35)36/h4-19H,1-3H3,(H,38,40)/b14-12+. The van der Waals surface area contributed by atoms with E-state index in [9.17, 15) is 22.8 Å². The van der Waals surface area contributed by atoms with Crippen LogP contribution in [0.15, 0.2) is 89.9 Å². The Hall–Kier alpha value is -4.98. The lowest BCUT2D eigenvalue weighted by atomic mass is 9.99. The largest absolute Gasteiger partial charge is 0.416 e. The molecule has 0 aliphatic carbocycles. The molecule has 5 nitrogen and oxygen atoms in total. The number of anilines is 1. The van der Waals surface area contributed by atoms with E-state index in [1.807, 2.05) is 56.3 Å². The van der Waals surface area contributed by atoms with Crippen molar-refractivity contribution in [3.8, 4) is 11.1 Å². The number of amides is 1. The summed E-state index contributed by atoms with van der Waals surface area (Å²) in [6, 6.07) is 21.0. The van der Waals surface area contributed by atoms with Crippen LogP contribution >= 0.6 is 0 Å². The lowest BCUT2D eigenvalue weighted by Crippen LogP contribution is -2.19. The maximum absolute atomic E-state index is 13.5. The number of pyridine rings is 2. The molecule has 5 aromatic rings. The third-order valence-corrected chi connectivity index (χ3v) is 6.89. The van der Waals surface area contributed by atoms with Gasteiger partial charge in [0.25, 0.3) is 11.5 Å². The molecule has 3 aromatic carbocycles. The topological polar surface area (TPSA) is 64.0 Å². The van der Waals surface area contributed by atoms with Gasteiger partial charge in [0.15, 0.2) is 0 Å². The molecule has 0 spiro atoms. The van der Waals surface area contributed by atoms with Crippen molar-refractivity contribution in [2.45, 2.75) is 20.0 Å². The average Bonchev–Trinajstić information content (AvgIpc) is 2.95. The van der Waals surface area contributed by atoms with E-state index >= 15 is 0 Å². The lowest BCUT2D eigenvalue weighted by molar-refractivity contribution is -0.137. The van der Waals surface area contributed by atoms with Crippen LogP contribution in [0.4, 0.5) is 18.9 Å². The first-order chi connectivity index (χ1) is 19.5. The Morgan fingerprint density at radius 2 is 1.66 bits per heavy atom. The molecule has 0 unspecified atom stereocenters. The zero-order valence-electron chi connectivity index (χ0n) is 22.6. The second-order valence-electron chi connectivity index (χ2n) is 9.90. The summed E-state index contributed by atoms with van der Waals surface area (Å²) in [6.07, 6.45) is 1.00. The molecule has 206 valence electrons. The summed E-state index contributed by atoms with van der Waals surface area (Å²) >= 11 is 0. The second-order valence-corrected chi connectivity index (χ2v) is 9.90. The van der Waals surface area contributed by atoms with E-state index in [0.29, 0.717) is 28.0 Å². The smallest absolute Gasteiger partial charge is 0.322 e. The van der Waals surface area contributed by atoms with E-state index in [2.05, 4.69) is 10.3 Å². The van der Waals surface area contributed by atoms with Crippen molar-refractivity contribution < 1.29 is 18.0 Å². The van der Waals surface area contributed by atoms with Crippen LogP contribution in [0.25, 0.3) is 34.2 Å². The molecule has 0 saturated heterocycles. The molecule has 0 radical (unpaired) electrons. The SMILES string of the molecule is Cc1ccc(/C=C/c2cc3c(cn2)cc(-c2cc(NC(=O)c4cccc(C(F)(F)F)c4)ccc2C)c(=O)n3C)cc1. The fourth-order valence-corrected chi connectivity index (χ4v) is 4.55. The van der Waals surface area contributed by atoms with Gasteiger partial charge >= 0.3 is 6.18 Å². The van der Waals surface area contributed by atoms with E-state index < -0.39 is 17.6 Å². The average molecular weight is 554 g/mol. The van der Waals surface area contributed by atoms with Crippen molar-refractivity contribution in [3.63, 3.8) is 0 Å². The van der Waals surface area contributed by atoms with Crippen LogP contribution in [0.2, 0.25) is 0 Å². The van der Waals surface area contributed by atoms with Crippen molar-refractivity contribution in [2.75, 3.05) is 5.32 Å². The summed E-state index contributed by atoms with van der Waals surface area (Å²) in [5, 5.41) is 3.41. The maximum Gasteiger partial charge on any atom is 0.416 e. The minimum Gasteiger partial charge on any atom is -0.322 e. The number of nitrogens with zero attached hydrogens (tertiary/aromatic N) is 2. The van der Waals surface area contributed by atoms with Gasteiger partial charge in [-0.25, -0.2) is 0 Å². The molecule has 0 bridgehead atoms. The van der Waals surface area contributed by atoms with E-state index in [1.54, 1.807) is 42.1 Å².